The zero-order valence-electron chi connectivity index (χ0n) is 14.6. The van der Waals surface area contributed by atoms with Gasteiger partial charge >= 0.3 is 5.97 Å². The lowest BCUT2D eigenvalue weighted by Gasteiger charge is -2.23. The number of carboxylic acid groups (broad SMARTS) is 1. The first-order chi connectivity index (χ1) is 12.4. The number of hydrogen-bond donors (Lipinski definition) is 1. The molecule has 1 amide bonds. The number of methoxy groups -OCH3 is 1. The molecule has 2 aromatic rings. The number of para-hydroxylation sites is 1. The summed E-state index contributed by atoms with van der Waals surface area (Å²) in [7, 11) is 1.47. The molecule has 1 unspecified atom stereocenters. The highest BCUT2D eigenvalue weighted by Gasteiger charge is 2.46. The lowest BCUT2D eigenvalue weighted by molar-refractivity contribution is -0.151. The van der Waals surface area contributed by atoms with E-state index in [1.165, 1.54) is 13.3 Å². The first-order valence-electron chi connectivity index (χ1n) is 8.21. The SMILES string of the molecule is COCC1(C(=O)O)CCN(C(=O)c2cnn(-c3ccccc3Cl)c2C)C1. The van der Waals surface area contributed by atoms with E-state index < -0.39 is 11.4 Å². The van der Waals surface area contributed by atoms with E-state index in [-0.39, 0.29) is 19.1 Å². The van der Waals surface area contributed by atoms with Gasteiger partial charge in [0.25, 0.3) is 5.91 Å². The molecule has 1 aliphatic heterocycles. The van der Waals surface area contributed by atoms with Gasteiger partial charge in [0, 0.05) is 20.2 Å². The van der Waals surface area contributed by atoms with E-state index in [9.17, 15) is 14.7 Å². The van der Waals surface area contributed by atoms with Crippen molar-refractivity contribution in [2.24, 2.45) is 5.41 Å². The van der Waals surface area contributed by atoms with Crippen molar-refractivity contribution in [2.75, 3.05) is 26.8 Å². The molecule has 138 valence electrons. The molecule has 8 heteroatoms. The van der Waals surface area contributed by atoms with Crippen LogP contribution in [0.5, 0.6) is 0 Å². The molecule has 0 radical (unpaired) electrons. The van der Waals surface area contributed by atoms with Crippen molar-refractivity contribution < 1.29 is 19.4 Å². The molecular formula is C18H20ClN3O4. The monoisotopic (exact) mass is 377 g/mol. The third-order valence-electron chi connectivity index (χ3n) is 4.84. The molecule has 1 N–H and O–H groups in total. The highest BCUT2D eigenvalue weighted by molar-refractivity contribution is 6.32. The summed E-state index contributed by atoms with van der Waals surface area (Å²) in [6.07, 6.45) is 1.86. The third-order valence-corrected chi connectivity index (χ3v) is 5.16. The second-order valence-corrected chi connectivity index (χ2v) is 6.91. The fourth-order valence-corrected chi connectivity index (χ4v) is 3.55. The van der Waals surface area contributed by atoms with Gasteiger partial charge < -0.3 is 14.7 Å². The quantitative estimate of drug-likeness (QED) is 0.864. The summed E-state index contributed by atoms with van der Waals surface area (Å²) in [5.74, 6) is -1.18. The van der Waals surface area contributed by atoms with Gasteiger partial charge in [0.1, 0.15) is 5.41 Å². The van der Waals surface area contributed by atoms with Crippen molar-refractivity contribution in [3.05, 3.63) is 46.7 Å². The van der Waals surface area contributed by atoms with E-state index in [1.807, 2.05) is 18.2 Å². The number of amides is 1. The average Bonchev–Trinajstić information content (AvgIpc) is 3.20. The molecule has 3 rings (SSSR count). The Hall–Kier alpha value is -2.38. The number of halogens is 1. The van der Waals surface area contributed by atoms with Crippen molar-refractivity contribution in [1.82, 2.24) is 14.7 Å². The summed E-state index contributed by atoms with van der Waals surface area (Å²) >= 11 is 6.22. The molecule has 26 heavy (non-hydrogen) atoms. The van der Waals surface area contributed by atoms with Crippen LogP contribution in [0.2, 0.25) is 5.02 Å². The number of benzene rings is 1. The van der Waals surface area contributed by atoms with Gasteiger partial charge in [-0.15, -0.1) is 0 Å². The Morgan fingerprint density at radius 1 is 1.38 bits per heavy atom. The van der Waals surface area contributed by atoms with Gasteiger partial charge in [0.05, 0.1) is 34.8 Å². The lowest BCUT2D eigenvalue weighted by atomic mass is 9.88. The first kappa shape index (κ1) is 18.4. The van der Waals surface area contributed by atoms with Gasteiger partial charge in [-0.05, 0) is 25.5 Å². The van der Waals surface area contributed by atoms with E-state index >= 15 is 0 Å². The number of carbonyl (C=O) groups is 2. The Balaban J connectivity index is 1.86. The Bertz CT molecular complexity index is 851. The molecule has 0 saturated carbocycles. The minimum atomic E-state index is -1.06. The molecule has 1 atom stereocenters. The maximum Gasteiger partial charge on any atom is 0.313 e. The number of carboxylic acids is 1. The summed E-state index contributed by atoms with van der Waals surface area (Å²) < 4.78 is 6.69. The number of aromatic nitrogens is 2. The lowest BCUT2D eigenvalue weighted by Crippen LogP contribution is -2.40. The average molecular weight is 378 g/mol. The predicted molar refractivity (Wildman–Crippen MR) is 95.8 cm³/mol. The summed E-state index contributed by atoms with van der Waals surface area (Å²) in [5.41, 5.74) is 0.717. The number of hydrogen-bond acceptors (Lipinski definition) is 4. The summed E-state index contributed by atoms with van der Waals surface area (Å²) in [5, 5.41) is 14.4. The number of nitrogens with zero attached hydrogens (tertiary/aromatic N) is 3. The predicted octanol–water partition coefficient (Wildman–Crippen LogP) is 2.40. The van der Waals surface area contributed by atoms with E-state index in [0.717, 1.165) is 0 Å². The topological polar surface area (TPSA) is 84.7 Å². The maximum atomic E-state index is 12.9. The van der Waals surface area contributed by atoms with Gasteiger partial charge in [-0.1, -0.05) is 23.7 Å². The zero-order valence-corrected chi connectivity index (χ0v) is 15.4. The van der Waals surface area contributed by atoms with Crippen LogP contribution in [0, 0.1) is 12.3 Å². The number of carbonyl (C=O) groups excluding carboxylic acids is 1. The molecular weight excluding hydrogens is 358 g/mol. The maximum absolute atomic E-state index is 12.9. The highest BCUT2D eigenvalue weighted by atomic mass is 35.5. The largest absolute Gasteiger partial charge is 0.481 e. The first-order valence-corrected chi connectivity index (χ1v) is 8.58. The second kappa shape index (κ2) is 7.09. The van der Waals surface area contributed by atoms with Crippen LogP contribution in [-0.4, -0.2) is 58.5 Å². The molecule has 1 aromatic heterocycles. The van der Waals surface area contributed by atoms with Crippen LogP contribution < -0.4 is 0 Å². The van der Waals surface area contributed by atoms with Gasteiger partial charge in [-0.2, -0.15) is 5.10 Å². The molecule has 1 aliphatic rings. The zero-order chi connectivity index (χ0) is 18.9. The highest BCUT2D eigenvalue weighted by Crippen LogP contribution is 2.32. The van der Waals surface area contributed by atoms with Gasteiger partial charge in [0.2, 0.25) is 0 Å². The van der Waals surface area contributed by atoms with Crippen molar-refractivity contribution in [3.8, 4) is 5.69 Å². The summed E-state index contributed by atoms with van der Waals surface area (Å²) in [6.45, 7) is 2.35. The fourth-order valence-electron chi connectivity index (χ4n) is 3.33. The molecule has 1 saturated heterocycles. The molecule has 0 bridgehead atoms. The number of rotatable bonds is 5. The van der Waals surface area contributed by atoms with Crippen LogP contribution in [0.15, 0.2) is 30.5 Å². The third kappa shape index (κ3) is 3.08. The van der Waals surface area contributed by atoms with Gasteiger partial charge in [-0.25, -0.2) is 4.68 Å². The molecule has 0 spiro atoms. The van der Waals surface area contributed by atoms with E-state index in [1.54, 1.807) is 22.6 Å². The van der Waals surface area contributed by atoms with Crippen molar-refractivity contribution >= 4 is 23.5 Å². The minimum Gasteiger partial charge on any atom is -0.481 e. The van der Waals surface area contributed by atoms with Crippen LogP contribution in [-0.2, 0) is 9.53 Å². The Morgan fingerprint density at radius 2 is 2.12 bits per heavy atom. The van der Waals surface area contributed by atoms with E-state index in [4.69, 9.17) is 16.3 Å². The van der Waals surface area contributed by atoms with Crippen LogP contribution >= 0.6 is 11.6 Å². The smallest absolute Gasteiger partial charge is 0.313 e. The van der Waals surface area contributed by atoms with E-state index in [2.05, 4.69) is 5.10 Å². The number of ether oxygens (including phenoxy) is 1. The van der Waals surface area contributed by atoms with Crippen molar-refractivity contribution in [3.63, 3.8) is 0 Å². The van der Waals surface area contributed by atoms with Gasteiger partial charge in [-0.3, -0.25) is 9.59 Å². The molecule has 1 aromatic carbocycles. The Morgan fingerprint density at radius 3 is 2.77 bits per heavy atom. The molecule has 1 fully saturated rings. The van der Waals surface area contributed by atoms with Crippen LogP contribution in [0.1, 0.15) is 22.5 Å². The summed E-state index contributed by atoms with van der Waals surface area (Å²) in [6, 6.07) is 7.24. The number of likely N-dealkylation sites (tertiary alicyclic amines) is 1. The normalized spacial score (nSPS) is 19.7. The summed E-state index contributed by atoms with van der Waals surface area (Å²) in [4.78, 5) is 26.1. The Kier molecular flexibility index (Phi) is 5.02. The van der Waals surface area contributed by atoms with Gasteiger partial charge in [0.15, 0.2) is 0 Å². The molecule has 0 aliphatic carbocycles. The fraction of sp³-hybridized carbons (Fsp3) is 0.389. The number of aliphatic carboxylic acids is 1. The van der Waals surface area contributed by atoms with Crippen LogP contribution in [0.25, 0.3) is 5.69 Å². The second-order valence-electron chi connectivity index (χ2n) is 6.50. The van der Waals surface area contributed by atoms with Crippen molar-refractivity contribution in [2.45, 2.75) is 13.3 Å². The van der Waals surface area contributed by atoms with Crippen LogP contribution in [0.3, 0.4) is 0 Å². The molecule has 7 nitrogen and oxygen atoms in total. The Labute approximate surface area is 156 Å². The standard InChI is InChI=1S/C18H20ClN3O4/c1-12-13(9-20-22(12)15-6-4-3-5-14(15)19)16(23)21-8-7-18(10-21,11-26-2)17(24)25/h3-6,9H,7-8,10-11H2,1-2H3,(H,24,25). The van der Waals surface area contributed by atoms with Crippen molar-refractivity contribution in [1.29, 1.82) is 0 Å². The molecule has 2 heterocycles. The van der Waals surface area contributed by atoms with Crippen LogP contribution in [0.4, 0.5) is 0 Å². The van der Waals surface area contributed by atoms with E-state index in [0.29, 0.717) is 34.9 Å². The minimum absolute atomic E-state index is 0.0734.